The number of piperidine rings is 1. The number of hydrogen-bond acceptors (Lipinski definition) is 2. The van der Waals surface area contributed by atoms with E-state index in [0.717, 1.165) is 24.8 Å². The average molecular weight is 260 g/mol. The number of rotatable bonds is 3. The summed E-state index contributed by atoms with van der Waals surface area (Å²) in [5, 5.41) is 0. The van der Waals surface area contributed by atoms with Gasteiger partial charge in [-0.2, -0.15) is 0 Å². The van der Waals surface area contributed by atoms with E-state index in [1.807, 2.05) is 0 Å². The lowest BCUT2D eigenvalue weighted by Crippen LogP contribution is -2.46. The summed E-state index contributed by atoms with van der Waals surface area (Å²) in [6.45, 7) is 10.4. The molecule has 0 spiro atoms. The molecule has 1 fully saturated rings. The number of para-hydroxylation sites is 1. The van der Waals surface area contributed by atoms with Crippen molar-refractivity contribution >= 4 is 5.69 Å². The minimum Gasteiger partial charge on any atom is -0.368 e. The van der Waals surface area contributed by atoms with Crippen molar-refractivity contribution in [2.75, 3.05) is 11.4 Å². The first-order valence-electron chi connectivity index (χ1n) is 7.65. The Bertz CT molecular complexity index is 415. The molecule has 0 aliphatic carbocycles. The smallest absolute Gasteiger partial charge is 0.0417 e. The molecule has 1 heterocycles. The molecular weight excluding hydrogens is 232 g/mol. The third kappa shape index (κ3) is 2.94. The number of nitrogens with zero attached hydrogens (tertiary/aromatic N) is 1. The maximum Gasteiger partial charge on any atom is 0.0417 e. The second kappa shape index (κ2) is 5.96. The molecule has 0 bridgehead atoms. The van der Waals surface area contributed by atoms with Crippen LogP contribution in [0.1, 0.15) is 52.1 Å². The number of nitrogens with two attached hydrogens (primary N) is 1. The zero-order chi connectivity index (χ0) is 14.0. The van der Waals surface area contributed by atoms with Crippen LogP contribution in [0, 0.1) is 11.8 Å². The van der Waals surface area contributed by atoms with Crippen LogP contribution in [-0.2, 0) is 0 Å². The van der Waals surface area contributed by atoms with Gasteiger partial charge in [0.2, 0.25) is 0 Å². The molecule has 4 unspecified atom stereocenters. The van der Waals surface area contributed by atoms with Gasteiger partial charge < -0.3 is 10.6 Å². The van der Waals surface area contributed by atoms with Crippen molar-refractivity contribution < 1.29 is 0 Å². The standard InChI is InChI=1S/C17H28N2/c1-5-16(18)15-8-6-7-9-17(15)19-11-12(2)10-13(3)14(19)4/h6-9,12-14,16H,5,10-11,18H2,1-4H3. The fourth-order valence-corrected chi connectivity index (χ4v) is 3.32. The molecule has 2 nitrogen and oxygen atoms in total. The Morgan fingerprint density at radius 3 is 2.63 bits per heavy atom. The van der Waals surface area contributed by atoms with Crippen LogP contribution in [0.25, 0.3) is 0 Å². The van der Waals surface area contributed by atoms with E-state index < -0.39 is 0 Å². The second-order valence-electron chi connectivity index (χ2n) is 6.28. The summed E-state index contributed by atoms with van der Waals surface area (Å²) in [5.74, 6) is 1.51. The Morgan fingerprint density at radius 2 is 1.95 bits per heavy atom. The van der Waals surface area contributed by atoms with Gasteiger partial charge in [-0.1, -0.05) is 39.0 Å². The van der Waals surface area contributed by atoms with E-state index in [2.05, 4.69) is 56.9 Å². The topological polar surface area (TPSA) is 29.3 Å². The summed E-state index contributed by atoms with van der Waals surface area (Å²) in [6.07, 6.45) is 2.32. The molecule has 106 valence electrons. The first-order chi connectivity index (χ1) is 9.04. The van der Waals surface area contributed by atoms with E-state index in [1.54, 1.807) is 0 Å². The summed E-state index contributed by atoms with van der Waals surface area (Å²) >= 11 is 0. The van der Waals surface area contributed by atoms with Gasteiger partial charge in [0.1, 0.15) is 0 Å². The Labute approximate surface area is 118 Å². The van der Waals surface area contributed by atoms with Crippen molar-refractivity contribution in [2.45, 2.75) is 52.6 Å². The van der Waals surface area contributed by atoms with Crippen molar-refractivity contribution in [1.82, 2.24) is 0 Å². The Kier molecular flexibility index (Phi) is 4.51. The van der Waals surface area contributed by atoms with E-state index in [4.69, 9.17) is 5.73 Å². The molecule has 1 aliphatic rings. The third-order valence-electron chi connectivity index (χ3n) is 4.68. The minimum absolute atomic E-state index is 0.149. The lowest BCUT2D eigenvalue weighted by Gasteiger charge is -2.43. The summed E-state index contributed by atoms with van der Waals surface area (Å²) in [5.41, 5.74) is 8.94. The molecule has 1 aromatic carbocycles. The van der Waals surface area contributed by atoms with Gasteiger partial charge in [0, 0.05) is 24.3 Å². The molecule has 1 saturated heterocycles. The van der Waals surface area contributed by atoms with Crippen LogP contribution < -0.4 is 10.6 Å². The molecular formula is C17H28N2. The Hall–Kier alpha value is -1.02. The van der Waals surface area contributed by atoms with Crippen molar-refractivity contribution in [2.24, 2.45) is 17.6 Å². The quantitative estimate of drug-likeness (QED) is 0.891. The highest BCUT2D eigenvalue weighted by atomic mass is 15.2. The summed E-state index contributed by atoms with van der Waals surface area (Å²) in [7, 11) is 0. The third-order valence-corrected chi connectivity index (χ3v) is 4.68. The van der Waals surface area contributed by atoms with Gasteiger partial charge in [-0.15, -0.1) is 0 Å². The summed E-state index contributed by atoms with van der Waals surface area (Å²) in [4.78, 5) is 2.57. The van der Waals surface area contributed by atoms with Crippen LogP contribution in [-0.4, -0.2) is 12.6 Å². The number of benzene rings is 1. The molecule has 0 aromatic heterocycles. The van der Waals surface area contributed by atoms with Crippen LogP contribution in [0.5, 0.6) is 0 Å². The summed E-state index contributed by atoms with van der Waals surface area (Å²) in [6, 6.07) is 9.43. The van der Waals surface area contributed by atoms with Crippen LogP contribution in [0.15, 0.2) is 24.3 Å². The van der Waals surface area contributed by atoms with E-state index in [9.17, 15) is 0 Å². The lowest BCUT2D eigenvalue weighted by molar-refractivity contribution is 0.296. The largest absolute Gasteiger partial charge is 0.368 e. The van der Waals surface area contributed by atoms with E-state index >= 15 is 0 Å². The Balaban J connectivity index is 2.34. The normalized spacial score (nSPS) is 29.3. The van der Waals surface area contributed by atoms with Gasteiger partial charge >= 0.3 is 0 Å². The van der Waals surface area contributed by atoms with Crippen LogP contribution in [0.4, 0.5) is 5.69 Å². The van der Waals surface area contributed by atoms with Crippen molar-refractivity contribution in [3.63, 3.8) is 0 Å². The highest BCUT2D eigenvalue weighted by Crippen LogP contribution is 2.35. The van der Waals surface area contributed by atoms with Gasteiger partial charge in [0.25, 0.3) is 0 Å². The monoisotopic (exact) mass is 260 g/mol. The highest BCUT2D eigenvalue weighted by molar-refractivity contribution is 5.56. The molecule has 4 atom stereocenters. The second-order valence-corrected chi connectivity index (χ2v) is 6.28. The number of hydrogen-bond donors (Lipinski definition) is 1. The molecule has 0 radical (unpaired) electrons. The maximum absolute atomic E-state index is 6.29. The van der Waals surface area contributed by atoms with Crippen LogP contribution in [0.2, 0.25) is 0 Å². The predicted molar refractivity (Wildman–Crippen MR) is 83.4 cm³/mol. The zero-order valence-corrected chi connectivity index (χ0v) is 12.8. The predicted octanol–water partition coefficient (Wildman–Crippen LogP) is 3.97. The SMILES string of the molecule is CCC(N)c1ccccc1N1CC(C)CC(C)C1C. The van der Waals surface area contributed by atoms with Crippen molar-refractivity contribution in [3.05, 3.63) is 29.8 Å². The fraction of sp³-hybridized carbons (Fsp3) is 0.647. The Morgan fingerprint density at radius 1 is 1.26 bits per heavy atom. The molecule has 2 rings (SSSR count). The van der Waals surface area contributed by atoms with Gasteiger partial charge in [-0.25, -0.2) is 0 Å². The molecule has 1 aromatic rings. The van der Waals surface area contributed by atoms with Crippen LogP contribution >= 0.6 is 0 Å². The van der Waals surface area contributed by atoms with Crippen molar-refractivity contribution in [3.8, 4) is 0 Å². The van der Waals surface area contributed by atoms with Crippen molar-refractivity contribution in [1.29, 1.82) is 0 Å². The average Bonchev–Trinajstić information content (AvgIpc) is 2.42. The van der Waals surface area contributed by atoms with Gasteiger partial charge in [0.15, 0.2) is 0 Å². The zero-order valence-electron chi connectivity index (χ0n) is 12.8. The molecule has 0 amide bonds. The van der Waals surface area contributed by atoms with E-state index in [1.165, 1.54) is 17.7 Å². The van der Waals surface area contributed by atoms with Gasteiger partial charge in [0.05, 0.1) is 0 Å². The van der Waals surface area contributed by atoms with Gasteiger partial charge in [-0.05, 0) is 43.2 Å². The summed E-state index contributed by atoms with van der Waals surface area (Å²) < 4.78 is 0. The molecule has 19 heavy (non-hydrogen) atoms. The lowest BCUT2D eigenvalue weighted by atomic mass is 9.85. The maximum atomic E-state index is 6.29. The van der Waals surface area contributed by atoms with Crippen LogP contribution in [0.3, 0.4) is 0 Å². The molecule has 2 heteroatoms. The molecule has 1 aliphatic heterocycles. The first kappa shape index (κ1) is 14.4. The minimum atomic E-state index is 0.149. The van der Waals surface area contributed by atoms with Gasteiger partial charge in [-0.3, -0.25) is 0 Å². The first-order valence-corrected chi connectivity index (χ1v) is 7.65. The molecule has 0 saturated carbocycles. The highest BCUT2D eigenvalue weighted by Gasteiger charge is 2.30. The van der Waals surface area contributed by atoms with E-state index in [0.29, 0.717) is 6.04 Å². The number of anilines is 1. The van der Waals surface area contributed by atoms with E-state index in [-0.39, 0.29) is 6.04 Å². The fourth-order valence-electron chi connectivity index (χ4n) is 3.32. The molecule has 2 N–H and O–H groups in total.